The molecule has 16 heavy (non-hydrogen) atoms. The molecule has 0 aliphatic rings. The maximum Gasteiger partial charge on any atom is 0.0107 e. The predicted molar refractivity (Wildman–Crippen MR) is 72.1 cm³/mol. The van der Waals surface area contributed by atoms with Gasteiger partial charge < -0.3 is 20.0 Å². The zero-order valence-electron chi connectivity index (χ0n) is 11.8. The third-order valence-electron chi connectivity index (χ3n) is 3.01. The summed E-state index contributed by atoms with van der Waals surface area (Å²) in [5.41, 5.74) is 0. The maximum atomic E-state index is 3.17. The van der Waals surface area contributed by atoms with E-state index in [2.05, 4.69) is 48.1 Å². The molecule has 4 heteroatoms. The van der Waals surface area contributed by atoms with Crippen LogP contribution in [0.5, 0.6) is 0 Å². The van der Waals surface area contributed by atoms with Gasteiger partial charge in [-0.1, -0.05) is 6.92 Å². The minimum Gasteiger partial charge on any atom is -0.318 e. The molecule has 0 aliphatic heterocycles. The molecule has 0 radical (unpaired) electrons. The van der Waals surface area contributed by atoms with Crippen molar-refractivity contribution >= 4 is 0 Å². The fourth-order valence-electron chi connectivity index (χ4n) is 1.37. The SMILES string of the molecule is CCN(C)CCN(C)CCN(C)CCNC. The summed E-state index contributed by atoms with van der Waals surface area (Å²) in [4.78, 5) is 7.12. The van der Waals surface area contributed by atoms with E-state index in [4.69, 9.17) is 0 Å². The molecule has 0 aromatic heterocycles. The van der Waals surface area contributed by atoms with E-state index >= 15 is 0 Å². The summed E-state index contributed by atoms with van der Waals surface area (Å²) < 4.78 is 0. The summed E-state index contributed by atoms with van der Waals surface area (Å²) in [5, 5.41) is 3.17. The van der Waals surface area contributed by atoms with Crippen molar-refractivity contribution in [2.45, 2.75) is 6.92 Å². The molecule has 0 unspecified atom stereocenters. The van der Waals surface area contributed by atoms with E-state index < -0.39 is 0 Å². The Hall–Kier alpha value is -0.160. The van der Waals surface area contributed by atoms with Gasteiger partial charge in [-0.2, -0.15) is 0 Å². The quantitative estimate of drug-likeness (QED) is 0.571. The van der Waals surface area contributed by atoms with E-state index in [1.165, 1.54) is 0 Å². The van der Waals surface area contributed by atoms with E-state index in [0.29, 0.717) is 0 Å². The van der Waals surface area contributed by atoms with Gasteiger partial charge in [0.1, 0.15) is 0 Å². The lowest BCUT2D eigenvalue weighted by atomic mass is 10.4. The number of nitrogens with one attached hydrogen (secondary N) is 1. The Morgan fingerprint density at radius 1 is 0.750 bits per heavy atom. The first kappa shape index (κ1) is 15.8. The lowest BCUT2D eigenvalue weighted by Crippen LogP contribution is -2.37. The zero-order chi connectivity index (χ0) is 12.4. The third-order valence-corrected chi connectivity index (χ3v) is 3.01. The molecule has 0 aliphatic carbocycles. The highest BCUT2D eigenvalue weighted by Gasteiger charge is 2.02. The van der Waals surface area contributed by atoms with Crippen LogP contribution < -0.4 is 5.32 Å². The zero-order valence-corrected chi connectivity index (χ0v) is 11.8. The number of hydrogen-bond acceptors (Lipinski definition) is 4. The first-order chi connectivity index (χ1) is 7.60. The molecule has 98 valence electrons. The van der Waals surface area contributed by atoms with Crippen molar-refractivity contribution in [3.63, 3.8) is 0 Å². The van der Waals surface area contributed by atoms with Crippen molar-refractivity contribution in [1.29, 1.82) is 0 Å². The highest BCUT2D eigenvalue weighted by atomic mass is 15.2. The first-order valence-corrected chi connectivity index (χ1v) is 6.30. The Kier molecular flexibility index (Phi) is 9.92. The van der Waals surface area contributed by atoms with Crippen LogP contribution in [-0.2, 0) is 0 Å². The average molecular weight is 230 g/mol. The fourth-order valence-corrected chi connectivity index (χ4v) is 1.37. The van der Waals surface area contributed by atoms with E-state index in [1.807, 2.05) is 7.05 Å². The summed E-state index contributed by atoms with van der Waals surface area (Å²) in [6, 6.07) is 0. The molecule has 0 rings (SSSR count). The van der Waals surface area contributed by atoms with Gasteiger partial charge in [0.15, 0.2) is 0 Å². The van der Waals surface area contributed by atoms with Crippen LogP contribution in [-0.4, -0.2) is 88.7 Å². The summed E-state index contributed by atoms with van der Waals surface area (Å²) in [6.45, 7) is 10.1. The highest BCUT2D eigenvalue weighted by Crippen LogP contribution is 1.88. The van der Waals surface area contributed by atoms with Crippen LogP contribution >= 0.6 is 0 Å². The van der Waals surface area contributed by atoms with Crippen LogP contribution in [0.15, 0.2) is 0 Å². The van der Waals surface area contributed by atoms with Gasteiger partial charge in [-0.3, -0.25) is 0 Å². The van der Waals surface area contributed by atoms with Crippen molar-refractivity contribution in [3.8, 4) is 0 Å². The fraction of sp³-hybridized carbons (Fsp3) is 1.00. The molecule has 0 atom stereocenters. The van der Waals surface area contributed by atoms with Crippen LogP contribution in [0, 0.1) is 0 Å². The first-order valence-electron chi connectivity index (χ1n) is 6.30. The molecular weight excluding hydrogens is 200 g/mol. The number of rotatable bonds is 10. The third kappa shape index (κ3) is 9.09. The number of likely N-dealkylation sites (N-methyl/N-ethyl adjacent to an activating group) is 4. The van der Waals surface area contributed by atoms with Crippen LogP contribution in [0.1, 0.15) is 6.92 Å². The van der Waals surface area contributed by atoms with Crippen LogP contribution in [0.25, 0.3) is 0 Å². The van der Waals surface area contributed by atoms with Gasteiger partial charge in [0.05, 0.1) is 0 Å². The highest BCUT2D eigenvalue weighted by molar-refractivity contribution is 4.59. The molecule has 0 amide bonds. The average Bonchev–Trinajstić information content (AvgIpc) is 2.30. The monoisotopic (exact) mass is 230 g/mol. The smallest absolute Gasteiger partial charge is 0.0107 e. The van der Waals surface area contributed by atoms with Crippen molar-refractivity contribution in [3.05, 3.63) is 0 Å². The molecule has 0 saturated carbocycles. The summed E-state index contributed by atoms with van der Waals surface area (Å²) >= 11 is 0. The van der Waals surface area contributed by atoms with Crippen molar-refractivity contribution in [2.75, 3.05) is 74.0 Å². The van der Waals surface area contributed by atoms with E-state index in [9.17, 15) is 0 Å². The van der Waals surface area contributed by atoms with Crippen LogP contribution in [0.2, 0.25) is 0 Å². The van der Waals surface area contributed by atoms with E-state index in [1.54, 1.807) is 0 Å². The van der Waals surface area contributed by atoms with E-state index in [0.717, 1.165) is 45.8 Å². The second-order valence-electron chi connectivity index (χ2n) is 4.61. The Morgan fingerprint density at radius 3 is 1.62 bits per heavy atom. The van der Waals surface area contributed by atoms with Crippen LogP contribution in [0.4, 0.5) is 0 Å². The van der Waals surface area contributed by atoms with Crippen molar-refractivity contribution in [1.82, 2.24) is 20.0 Å². The standard InChI is InChI=1S/C12H30N4/c1-6-14(3)9-10-16(5)12-11-15(4)8-7-13-2/h13H,6-12H2,1-5H3. The van der Waals surface area contributed by atoms with Crippen molar-refractivity contribution < 1.29 is 0 Å². The second kappa shape index (κ2) is 10.0. The molecular formula is C12H30N4. The predicted octanol–water partition coefficient (Wildman–Crippen LogP) is 0.0211. The molecule has 0 aromatic carbocycles. The minimum absolute atomic E-state index is 1.07. The molecule has 0 spiro atoms. The van der Waals surface area contributed by atoms with E-state index in [-0.39, 0.29) is 0 Å². The van der Waals surface area contributed by atoms with Gasteiger partial charge >= 0.3 is 0 Å². The Bertz CT molecular complexity index is 152. The molecule has 1 N–H and O–H groups in total. The molecule has 0 saturated heterocycles. The van der Waals surface area contributed by atoms with Gasteiger partial charge in [-0.05, 0) is 34.7 Å². The topological polar surface area (TPSA) is 21.8 Å². The summed E-state index contributed by atoms with van der Waals surface area (Å²) in [7, 11) is 8.56. The molecule has 0 fully saturated rings. The lowest BCUT2D eigenvalue weighted by molar-refractivity contribution is 0.230. The molecule has 4 nitrogen and oxygen atoms in total. The minimum atomic E-state index is 1.07. The largest absolute Gasteiger partial charge is 0.318 e. The number of nitrogens with zero attached hydrogens (tertiary/aromatic N) is 3. The molecule has 0 heterocycles. The summed E-state index contributed by atoms with van der Waals surface area (Å²) in [6.07, 6.45) is 0. The molecule has 0 aromatic rings. The van der Waals surface area contributed by atoms with Gasteiger partial charge in [-0.25, -0.2) is 0 Å². The summed E-state index contributed by atoms with van der Waals surface area (Å²) in [5.74, 6) is 0. The Balaban J connectivity index is 3.45. The van der Waals surface area contributed by atoms with Gasteiger partial charge in [0, 0.05) is 39.3 Å². The van der Waals surface area contributed by atoms with Gasteiger partial charge in [0.2, 0.25) is 0 Å². The maximum absolute atomic E-state index is 3.17. The number of hydrogen-bond donors (Lipinski definition) is 1. The Morgan fingerprint density at radius 2 is 1.19 bits per heavy atom. The second-order valence-corrected chi connectivity index (χ2v) is 4.61. The lowest BCUT2D eigenvalue weighted by Gasteiger charge is -2.23. The Labute approximate surface area is 102 Å². The normalized spacial score (nSPS) is 12.0. The van der Waals surface area contributed by atoms with Gasteiger partial charge in [0.25, 0.3) is 0 Å². The molecule has 0 bridgehead atoms. The van der Waals surface area contributed by atoms with Crippen molar-refractivity contribution in [2.24, 2.45) is 0 Å². The van der Waals surface area contributed by atoms with Crippen LogP contribution in [0.3, 0.4) is 0 Å². The van der Waals surface area contributed by atoms with Gasteiger partial charge in [-0.15, -0.1) is 0 Å².